The molecule has 0 saturated carbocycles. The lowest BCUT2D eigenvalue weighted by Gasteiger charge is -2.08. The van der Waals surface area contributed by atoms with Gasteiger partial charge in [-0.25, -0.2) is 0 Å². The molecular weight excluding hydrogens is 228 g/mol. The quantitative estimate of drug-likeness (QED) is 0.835. The molecule has 1 heterocycles. The van der Waals surface area contributed by atoms with Crippen LogP contribution in [0.2, 0.25) is 0 Å². The highest BCUT2D eigenvalue weighted by atomic mass is 16.5. The maximum atomic E-state index is 12.0. The van der Waals surface area contributed by atoms with E-state index in [1.165, 1.54) is 0 Å². The van der Waals surface area contributed by atoms with Gasteiger partial charge in [-0.2, -0.15) is 0 Å². The van der Waals surface area contributed by atoms with Gasteiger partial charge in [-0.05, 0) is 36.8 Å². The highest BCUT2D eigenvalue weighted by Crippen LogP contribution is 2.08. The average Bonchev–Trinajstić information content (AvgIpc) is 2.37. The van der Waals surface area contributed by atoms with E-state index in [-0.39, 0.29) is 5.56 Å². The van der Waals surface area contributed by atoms with Gasteiger partial charge in [0.2, 0.25) is 0 Å². The Morgan fingerprint density at radius 1 is 1.22 bits per heavy atom. The Morgan fingerprint density at radius 2 is 1.94 bits per heavy atom. The molecule has 0 atom stereocenters. The summed E-state index contributed by atoms with van der Waals surface area (Å²) >= 11 is 0. The first kappa shape index (κ1) is 12.2. The molecule has 0 aliphatic heterocycles. The molecule has 0 aliphatic carbocycles. The van der Waals surface area contributed by atoms with Crippen LogP contribution in [0.3, 0.4) is 0 Å². The van der Waals surface area contributed by atoms with Crippen LogP contribution < -0.4 is 16.0 Å². The maximum Gasteiger partial charge on any atom is 0.293 e. The van der Waals surface area contributed by atoms with Crippen LogP contribution in [0.25, 0.3) is 0 Å². The molecule has 18 heavy (non-hydrogen) atoms. The molecule has 0 amide bonds. The van der Waals surface area contributed by atoms with Crippen LogP contribution in [0, 0.1) is 0 Å². The molecule has 0 spiro atoms. The second kappa shape index (κ2) is 5.40. The van der Waals surface area contributed by atoms with Gasteiger partial charge in [0.15, 0.2) is 5.75 Å². The standard InChI is InChI=1S/C14H16N2O2/c1-2-18-13-4-3-9-16(14(13)17)10-11-5-7-12(15)8-6-11/h3-9H,2,10,15H2,1H3. The van der Waals surface area contributed by atoms with Crippen molar-refractivity contribution in [3.05, 3.63) is 58.5 Å². The minimum Gasteiger partial charge on any atom is -0.488 e. The van der Waals surface area contributed by atoms with E-state index in [0.29, 0.717) is 24.6 Å². The van der Waals surface area contributed by atoms with Gasteiger partial charge in [-0.3, -0.25) is 4.79 Å². The fraction of sp³-hybridized carbons (Fsp3) is 0.214. The SMILES string of the molecule is CCOc1cccn(Cc2ccc(N)cc2)c1=O. The van der Waals surface area contributed by atoms with Crippen molar-refractivity contribution in [2.24, 2.45) is 0 Å². The molecule has 0 saturated heterocycles. The molecule has 0 radical (unpaired) electrons. The van der Waals surface area contributed by atoms with Crippen molar-refractivity contribution in [3.8, 4) is 5.75 Å². The number of nitrogen functional groups attached to an aromatic ring is 1. The lowest BCUT2D eigenvalue weighted by molar-refractivity contribution is 0.332. The van der Waals surface area contributed by atoms with Crippen LogP contribution in [0.5, 0.6) is 5.75 Å². The first-order valence-corrected chi connectivity index (χ1v) is 5.87. The molecule has 0 aliphatic rings. The molecule has 2 N–H and O–H groups in total. The van der Waals surface area contributed by atoms with Crippen molar-refractivity contribution in [3.63, 3.8) is 0 Å². The van der Waals surface area contributed by atoms with Crippen LogP contribution in [0.4, 0.5) is 5.69 Å². The fourth-order valence-corrected chi connectivity index (χ4v) is 1.72. The van der Waals surface area contributed by atoms with Gasteiger partial charge in [0.1, 0.15) is 0 Å². The monoisotopic (exact) mass is 244 g/mol. The summed E-state index contributed by atoms with van der Waals surface area (Å²) in [4.78, 5) is 12.0. The normalized spacial score (nSPS) is 10.3. The summed E-state index contributed by atoms with van der Waals surface area (Å²) in [5.74, 6) is 0.385. The zero-order valence-corrected chi connectivity index (χ0v) is 10.3. The van der Waals surface area contributed by atoms with Gasteiger partial charge in [-0.1, -0.05) is 12.1 Å². The first-order chi connectivity index (χ1) is 8.70. The van der Waals surface area contributed by atoms with E-state index in [4.69, 9.17) is 10.5 Å². The summed E-state index contributed by atoms with van der Waals surface area (Å²) in [5, 5.41) is 0. The molecule has 1 aromatic carbocycles. The zero-order valence-electron chi connectivity index (χ0n) is 10.3. The number of pyridine rings is 1. The number of nitrogens with two attached hydrogens (primary N) is 1. The number of nitrogens with zero attached hydrogens (tertiary/aromatic N) is 1. The summed E-state index contributed by atoms with van der Waals surface area (Å²) in [7, 11) is 0. The molecule has 2 aromatic rings. The largest absolute Gasteiger partial charge is 0.488 e. The second-order valence-electron chi connectivity index (χ2n) is 3.98. The van der Waals surface area contributed by atoms with E-state index >= 15 is 0 Å². The van der Waals surface area contributed by atoms with E-state index < -0.39 is 0 Å². The van der Waals surface area contributed by atoms with Gasteiger partial charge in [0.05, 0.1) is 13.2 Å². The fourth-order valence-electron chi connectivity index (χ4n) is 1.72. The minimum atomic E-state index is -0.115. The number of benzene rings is 1. The van der Waals surface area contributed by atoms with Gasteiger partial charge < -0.3 is 15.0 Å². The zero-order chi connectivity index (χ0) is 13.0. The molecule has 4 nitrogen and oxygen atoms in total. The van der Waals surface area contributed by atoms with Crippen molar-refractivity contribution in [2.45, 2.75) is 13.5 Å². The highest BCUT2D eigenvalue weighted by molar-refractivity contribution is 5.39. The Morgan fingerprint density at radius 3 is 2.61 bits per heavy atom. The third-order valence-electron chi connectivity index (χ3n) is 2.62. The van der Waals surface area contributed by atoms with Crippen molar-refractivity contribution in [2.75, 3.05) is 12.3 Å². The Kier molecular flexibility index (Phi) is 3.67. The lowest BCUT2D eigenvalue weighted by Crippen LogP contribution is -2.21. The van der Waals surface area contributed by atoms with Crippen molar-refractivity contribution >= 4 is 5.69 Å². The Bertz CT molecular complexity index is 573. The van der Waals surface area contributed by atoms with Crippen molar-refractivity contribution < 1.29 is 4.74 Å². The second-order valence-corrected chi connectivity index (χ2v) is 3.98. The molecule has 94 valence electrons. The van der Waals surface area contributed by atoms with Crippen LogP contribution in [0.1, 0.15) is 12.5 Å². The maximum absolute atomic E-state index is 12.0. The Balaban J connectivity index is 2.26. The number of rotatable bonds is 4. The smallest absolute Gasteiger partial charge is 0.293 e. The number of aromatic nitrogens is 1. The van der Waals surface area contributed by atoms with E-state index in [2.05, 4.69) is 0 Å². The molecule has 0 unspecified atom stereocenters. The van der Waals surface area contributed by atoms with E-state index in [1.54, 1.807) is 16.8 Å². The third kappa shape index (κ3) is 2.71. The average molecular weight is 244 g/mol. The van der Waals surface area contributed by atoms with E-state index in [0.717, 1.165) is 5.56 Å². The summed E-state index contributed by atoms with van der Waals surface area (Å²) in [6.07, 6.45) is 1.75. The van der Waals surface area contributed by atoms with Crippen LogP contribution >= 0.6 is 0 Å². The topological polar surface area (TPSA) is 57.2 Å². The minimum absolute atomic E-state index is 0.115. The predicted molar refractivity (Wildman–Crippen MR) is 71.8 cm³/mol. The van der Waals surface area contributed by atoms with Crippen LogP contribution in [-0.2, 0) is 6.54 Å². The summed E-state index contributed by atoms with van der Waals surface area (Å²) < 4.78 is 6.90. The molecular formula is C14H16N2O2. The third-order valence-corrected chi connectivity index (χ3v) is 2.62. The Labute approximate surface area is 106 Å². The predicted octanol–water partition coefficient (Wildman–Crippen LogP) is 1.88. The number of hydrogen-bond acceptors (Lipinski definition) is 3. The number of hydrogen-bond donors (Lipinski definition) is 1. The summed E-state index contributed by atoms with van der Waals surface area (Å²) in [6.45, 7) is 2.86. The number of anilines is 1. The lowest BCUT2D eigenvalue weighted by atomic mass is 10.2. The van der Waals surface area contributed by atoms with Gasteiger partial charge in [0.25, 0.3) is 5.56 Å². The van der Waals surface area contributed by atoms with Crippen LogP contribution in [0.15, 0.2) is 47.4 Å². The van der Waals surface area contributed by atoms with Gasteiger partial charge >= 0.3 is 0 Å². The van der Waals surface area contributed by atoms with E-state index in [1.807, 2.05) is 37.3 Å². The summed E-state index contributed by atoms with van der Waals surface area (Å²) in [5.41, 5.74) is 7.25. The number of ether oxygens (including phenoxy) is 1. The van der Waals surface area contributed by atoms with Gasteiger partial charge in [-0.15, -0.1) is 0 Å². The van der Waals surface area contributed by atoms with Gasteiger partial charge in [0, 0.05) is 11.9 Å². The van der Waals surface area contributed by atoms with E-state index in [9.17, 15) is 4.79 Å². The molecule has 1 aromatic heterocycles. The van der Waals surface area contributed by atoms with Crippen LogP contribution in [-0.4, -0.2) is 11.2 Å². The molecule has 0 bridgehead atoms. The Hall–Kier alpha value is -2.23. The molecule has 2 rings (SSSR count). The first-order valence-electron chi connectivity index (χ1n) is 5.87. The van der Waals surface area contributed by atoms with Crippen molar-refractivity contribution in [1.29, 1.82) is 0 Å². The summed E-state index contributed by atoms with van der Waals surface area (Å²) in [6, 6.07) is 11.0. The molecule has 4 heteroatoms. The highest BCUT2D eigenvalue weighted by Gasteiger charge is 2.03. The van der Waals surface area contributed by atoms with Crippen molar-refractivity contribution in [1.82, 2.24) is 4.57 Å². The molecule has 0 fully saturated rings.